The Balaban J connectivity index is 1.86. The fourth-order valence-electron chi connectivity index (χ4n) is 3.43. The van der Waals surface area contributed by atoms with Crippen LogP contribution in [0.15, 0.2) is 71.9 Å². The Hall–Kier alpha value is -3.45. The minimum absolute atomic E-state index is 0.0611. The van der Waals surface area contributed by atoms with Crippen molar-refractivity contribution in [2.24, 2.45) is 0 Å². The van der Waals surface area contributed by atoms with Gasteiger partial charge in [0.25, 0.3) is 11.7 Å². The van der Waals surface area contributed by atoms with Crippen LogP contribution in [0.2, 0.25) is 0 Å². The van der Waals surface area contributed by atoms with Crippen LogP contribution in [-0.2, 0) is 16.1 Å². The van der Waals surface area contributed by atoms with Crippen molar-refractivity contribution in [3.8, 4) is 5.75 Å². The zero-order chi connectivity index (χ0) is 20.4. The standard InChI is InChI=1S/C22H18N2O4S/c1-28-16-5-2-4-15(12-16)20(25)18-19(14-7-9-23-10-8-14)24(22(27)21(18)26)13-17-6-3-11-29-17/h2-12,19,25H,13H2,1H3/b20-18-. The van der Waals surface area contributed by atoms with Crippen molar-refractivity contribution in [1.29, 1.82) is 0 Å². The largest absolute Gasteiger partial charge is 0.507 e. The first-order chi connectivity index (χ1) is 14.1. The Morgan fingerprint density at radius 3 is 2.66 bits per heavy atom. The number of carbonyl (C=O) groups is 2. The van der Waals surface area contributed by atoms with E-state index >= 15 is 0 Å². The molecule has 1 aliphatic rings. The molecular weight excluding hydrogens is 388 g/mol. The van der Waals surface area contributed by atoms with Crippen molar-refractivity contribution in [1.82, 2.24) is 9.88 Å². The number of aromatic nitrogens is 1. The molecule has 0 radical (unpaired) electrons. The van der Waals surface area contributed by atoms with Gasteiger partial charge in [0.2, 0.25) is 0 Å². The molecule has 0 saturated carbocycles. The molecule has 6 nitrogen and oxygen atoms in total. The topological polar surface area (TPSA) is 79.7 Å². The van der Waals surface area contributed by atoms with E-state index in [0.717, 1.165) is 4.88 Å². The molecule has 3 aromatic rings. The van der Waals surface area contributed by atoms with Crippen LogP contribution in [0.4, 0.5) is 0 Å². The predicted octanol–water partition coefficient (Wildman–Crippen LogP) is 3.77. The van der Waals surface area contributed by atoms with Crippen molar-refractivity contribution in [3.05, 3.63) is 87.9 Å². The molecule has 1 N–H and O–H groups in total. The maximum Gasteiger partial charge on any atom is 0.295 e. The summed E-state index contributed by atoms with van der Waals surface area (Å²) < 4.78 is 5.22. The second-order valence-electron chi connectivity index (χ2n) is 6.52. The summed E-state index contributed by atoms with van der Waals surface area (Å²) in [7, 11) is 1.52. The van der Waals surface area contributed by atoms with E-state index in [1.54, 1.807) is 48.8 Å². The summed E-state index contributed by atoms with van der Waals surface area (Å²) in [5.41, 5.74) is 1.18. The van der Waals surface area contributed by atoms with E-state index in [0.29, 0.717) is 16.9 Å². The molecule has 7 heteroatoms. The Bertz CT molecular complexity index is 1080. The second kappa shape index (κ2) is 7.89. The highest BCUT2D eigenvalue weighted by atomic mass is 32.1. The zero-order valence-electron chi connectivity index (χ0n) is 15.6. The summed E-state index contributed by atoms with van der Waals surface area (Å²) in [4.78, 5) is 32.3. The molecule has 146 valence electrons. The number of methoxy groups -OCH3 is 1. The molecule has 4 rings (SSSR count). The van der Waals surface area contributed by atoms with Crippen molar-refractivity contribution in [3.63, 3.8) is 0 Å². The number of ketones is 1. The fourth-order valence-corrected chi connectivity index (χ4v) is 4.13. The molecule has 1 amide bonds. The predicted molar refractivity (Wildman–Crippen MR) is 109 cm³/mol. The normalized spacial score (nSPS) is 18.2. The molecule has 1 fully saturated rings. The van der Waals surface area contributed by atoms with E-state index in [9.17, 15) is 14.7 Å². The summed E-state index contributed by atoms with van der Waals surface area (Å²) >= 11 is 1.51. The highest BCUT2D eigenvalue weighted by molar-refractivity contribution is 7.09. The average molecular weight is 406 g/mol. The Morgan fingerprint density at radius 2 is 1.97 bits per heavy atom. The van der Waals surface area contributed by atoms with Crippen LogP contribution in [0.1, 0.15) is 22.0 Å². The van der Waals surface area contributed by atoms with Crippen LogP contribution in [0.25, 0.3) is 5.76 Å². The number of Topliss-reactive ketones (excluding diaryl/α,β-unsaturated/α-hetero) is 1. The van der Waals surface area contributed by atoms with Gasteiger partial charge in [0.05, 0.1) is 25.3 Å². The van der Waals surface area contributed by atoms with E-state index in [1.165, 1.54) is 23.3 Å². The summed E-state index contributed by atoms with van der Waals surface area (Å²) in [5.74, 6) is -1.02. The maximum atomic E-state index is 12.9. The number of thiophene rings is 1. The van der Waals surface area contributed by atoms with Crippen LogP contribution in [0.5, 0.6) is 5.75 Å². The van der Waals surface area contributed by atoms with Gasteiger partial charge in [-0.3, -0.25) is 14.6 Å². The molecule has 1 saturated heterocycles. The van der Waals surface area contributed by atoms with Gasteiger partial charge in [0, 0.05) is 22.8 Å². The molecule has 2 aromatic heterocycles. The van der Waals surface area contributed by atoms with Crippen LogP contribution in [0.3, 0.4) is 0 Å². The van der Waals surface area contributed by atoms with Gasteiger partial charge < -0.3 is 14.7 Å². The molecule has 29 heavy (non-hydrogen) atoms. The summed E-state index contributed by atoms with van der Waals surface area (Å²) in [5, 5.41) is 12.9. The van der Waals surface area contributed by atoms with E-state index in [-0.39, 0.29) is 17.9 Å². The monoisotopic (exact) mass is 406 g/mol. The van der Waals surface area contributed by atoms with Gasteiger partial charge in [0.15, 0.2) is 0 Å². The van der Waals surface area contributed by atoms with E-state index < -0.39 is 17.7 Å². The van der Waals surface area contributed by atoms with Crippen LogP contribution in [0, 0.1) is 0 Å². The maximum absolute atomic E-state index is 12.9. The van der Waals surface area contributed by atoms with Crippen LogP contribution >= 0.6 is 11.3 Å². The third-order valence-electron chi connectivity index (χ3n) is 4.81. The lowest BCUT2D eigenvalue weighted by Crippen LogP contribution is -2.28. The Labute approximate surface area is 171 Å². The summed E-state index contributed by atoms with van der Waals surface area (Å²) in [6, 6.07) is 13.4. The van der Waals surface area contributed by atoms with Crippen molar-refractivity contribution in [2.75, 3.05) is 7.11 Å². The number of aliphatic hydroxyl groups excluding tert-OH is 1. The molecule has 3 heterocycles. The molecule has 1 atom stereocenters. The lowest BCUT2D eigenvalue weighted by Gasteiger charge is -2.24. The highest BCUT2D eigenvalue weighted by Crippen LogP contribution is 2.40. The molecule has 0 aliphatic carbocycles. The molecular formula is C22H18N2O4S. The lowest BCUT2D eigenvalue weighted by atomic mass is 9.96. The molecule has 1 unspecified atom stereocenters. The number of pyridine rings is 1. The molecule has 1 aliphatic heterocycles. The number of aliphatic hydroxyl groups is 1. The average Bonchev–Trinajstić information content (AvgIpc) is 3.36. The van der Waals surface area contributed by atoms with Gasteiger partial charge >= 0.3 is 0 Å². The summed E-state index contributed by atoms with van der Waals surface area (Å²) in [6.07, 6.45) is 3.21. The Kier molecular flexibility index (Phi) is 5.14. The van der Waals surface area contributed by atoms with E-state index in [1.807, 2.05) is 17.5 Å². The van der Waals surface area contributed by atoms with Gasteiger partial charge in [-0.15, -0.1) is 11.3 Å². The van der Waals surface area contributed by atoms with Crippen molar-refractivity contribution < 1.29 is 19.4 Å². The smallest absolute Gasteiger partial charge is 0.295 e. The van der Waals surface area contributed by atoms with Crippen LogP contribution in [-0.4, -0.2) is 33.8 Å². The fraction of sp³-hybridized carbons (Fsp3) is 0.136. The lowest BCUT2D eigenvalue weighted by molar-refractivity contribution is -0.140. The van der Waals surface area contributed by atoms with Gasteiger partial charge in [-0.25, -0.2) is 0 Å². The molecule has 1 aromatic carbocycles. The number of hydrogen-bond donors (Lipinski definition) is 1. The quantitative estimate of drug-likeness (QED) is 0.396. The SMILES string of the molecule is COc1cccc(/C(O)=C2/C(=O)C(=O)N(Cc3cccs3)C2c2ccncc2)c1. The van der Waals surface area contributed by atoms with Crippen molar-refractivity contribution in [2.45, 2.75) is 12.6 Å². The number of carbonyl (C=O) groups excluding carboxylic acids is 2. The third-order valence-corrected chi connectivity index (χ3v) is 5.67. The van der Waals surface area contributed by atoms with E-state index in [2.05, 4.69) is 4.98 Å². The first-order valence-electron chi connectivity index (χ1n) is 8.95. The molecule has 0 spiro atoms. The van der Waals surface area contributed by atoms with Gasteiger partial charge in [-0.1, -0.05) is 18.2 Å². The van der Waals surface area contributed by atoms with Gasteiger partial charge in [0.1, 0.15) is 11.5 Å². The first kappa shape index (κ1) is 18.9. The Morgan fingerprint density at radius 1 is 1.17 bits per heavy atom. The van der Waals surface area contributed by atoms with E-state index in [4.69, 9.17) is 4.74 Å². The number of amides is 1. The number of ether oxygens (including phenoxy) is 1. The zero-order valence-corrected chi connectivity index (χ0v) is 16.4. The first-order valence-corrected chi connectivity index (χ1v) is 9.83. The number of likely N-dealkylation sites (tertiary alicyclic amines) is 1. The third kappa shape index (κ3) is 3.52. The number of hydrogen-bond acceptors (Lipinski definition) is 6. The van der Waals surface area contributed by atoms with Gasteiger partial charge in [-0.05, 0) is 41.3 Å². The minimum Gasteiger partial charge on any atom is -0.507 e. The molecule has 0 bridgehead atoms. The number of nitrogens with zero attached hydrogens (tertiary/aromatic N) is 2. The number of rotatable bonds is 5. The minimum atomic E-state index is -0.705. The number of benzene rings is 1. The van der Waals surface area contributed by atoms with Gasteiger partial charge in [-0.2, -0.15) is 0 Å². The van der Waals surface area contributed by atoms with Crippen molar-refractivity contribution >= 4 is 28.8 Å². The second-order valence-corrected chi connectivity index (χ2v) is 7.55. The highest BCUT2D eigenvalue weighted by Gasteiger charge is 2.46. The summed E-state index contributed by atoms with van der Waals surface area (Å²) in [6.45, 7) is 0.282. The van der Waals surface area contributed by atoms with Crippen LogP contribution < -0.4 is 4.74 Å².